The number of carbonyl (C=O) groups is 1. The number of rotatable bonds is 6. The second-order valence-corrected chi connectivity index (χ2v) is 7.54. The van der Waals surface area contributed by atoms with Crippen molar-refractivity contribution in [1.82, 2.24) is 0 Å². The summed E-state index contributed by atoms with van der Waals surface area (Å²) in [6.45, 7) is 0.634. The third-order valence-electron chi connectivity index (χ3n) is 4.15. The Morgan fingerprint density at radius 2 is 1.89 bits per heavy atom. The van der Waals surface area contributed by atoms with Crippen LogP contribution in [0, 0.1) is 10.1 Å². The van der Waals surface area contributed by atoms with Gasteiger partial charge in [-0.05, 0) is 36.8 Å². The van der Waals surface area contributed by atoms with E-state index in [-0.39, 0.29) is 27.9 Å². The second-order valence-electron chi connectivity index (χ2n) is 5.89. The van der Waals surface area contributed by atoms with E-state index in [1.807, 2.05) is 0 Å². The van der Waals surface area contributed by atoms with Gasteiger partial charge in [0.2, 0.25) is 5.91 Å². The summed E-state index contributed by atoms with van der Waals surface area (Å²) in [6.07, 6.45) is 1.29. The van der Waals surface area contributed by atoms with Crippen LogP contribution in [0.2, 0.25) is 0 Å². The smallest absolute Gasteiger partial charge is 0.271 e. The fourth-order valence-electron chi connectivity index (χ4n) is 2.83. The van der Waals surface area contributed by atoms with E-state index in [0.29, 0.717) is 18.7 Å². The summed E-state index contributed by atoms with van der Waals surface area (Å²) in [5.74, 6) is 0.0250. The lowest BCUT2D eigenvalue weighted by Gasteiger charge is -2.16. The molecule has 1 fully saturated rings. The quantitative estimate of drug-likeness (QED) is 0.597. The van der Waals surface area contributed by atoms with Crippen molar-refractivity contribution < 1.29 is 22.9 Å². The molecule has 3 rings (SSSR count). The first kappa shape index (κ1) is 18.6. The lowest BCUT2D eigenvalue weighted by molar-refractivity contribution is -0.385. The van der Waals surface area contributed by atoms with Crippen LogP contribution < -0.4 is 14.4 Å². The van der Waals surface area contributed by atoms with Crippen LogP contribution in [0.25, 0.3) is 0 Å². The molecule has 1 heterocycles. The molecule has 2 aromatic carbocycles. The van der Waals surface area contributed by atoms with Gasteiger partial charge in [-0.25, -0.2) is 8.42 Å². The molecule has 10 heteroatoms. The highest BCUT2D eigenvalue weighted by molar-refractivity contribution is 7.92. The molecule has 0 radical (unpaired) electrons. The van der Waals surface area contributed by atoms with E-state index in [2.05, 4.69) is 4.72 Å². The van der Waals surface area contributed by atoms with Crippen LogP contribution in [0.5, 0.6) is 5.75 Å². The monoisotopic (exact) mass is 391 g/mol. The van der Waals surface area contributed by atoms with E-state index >= 15 is 0 Å². The van der Waals surface area contributed by atoms with Crippen molar-refractivity contribution in [1.29, 1.82) is 0 Å². The van der Waals surface area contributed by atoms with Crippen LogP contribution in [0.1, 0.15) is 12.8 Å². The number of anilines is 2. The molecule has 0 atom stereocenters. The number of ether oxygens (including phenoxy) is 1. The molecule has 0 unspecified atom stereocenters. The van der Waals surface area contributed by atoms with Crippen LogP contribution in [0.15, 0.2) is 47.4 Å². The molecule has 2 aromatic rings. The van der Waals surface area contributed by atoms with Gasteiger partial charge < -0.3 is 9.64 Å². The highest BCUT2D eigenvalue weighted by Gasteiger charge is 2.24. The summed E-state index contributed by atoms with van der Waals surface area (Å²) in [6, 6.07) is 9.69. The Hall–Kier alpha value is -3.14. The average molecular weight is 391 g/mol. The zero-order chi connectivity index (χ0) is 19.6. The van der Waals surface area contributed by atoms with Crippen LogP contribution in [-0.2, 0) is 14.8 Å². The maximum atomic E-state index is 12.7. The van der Waals surface area contributed by atoms with Crippen LogP contribution >= 0.6 is 0 Å². The molecule has 0 saturated carbocycles. The molecule has 142 valence electrons. The molecule has 0 bridgehead atoms. The van der Waals surface area contributed by atoms with E-state index < -0.39 is 14.9 Å². The van der Waals surface area contributed by atoms with Crippen LogP contribution in [-0.4, -0.2) is 32.9 Å². The lowest BCUT2D eigenvalue weighted by Crippen LogP contribution is -2.23. The molecule has 0 spiro atoms. The average Bonchev–Trinajstić information content (AvgIpc) is 3.07. The Kier molecular flexibility index (Phi) is 5.00. The molecular formula is C17H17N3O6S. The normalized spacial score (nSPS) is 14.3. The van der Waals surface area contributed by atoms with Crippen molar-refractivity contribution >= 4 is 33.0 Å². The largest absolute Gasteiger partial charge is 0.495 e. The minimum absolute atomic E-state index is 0.00705. The predicted molar refractivity (Wildman–Crippen MR) is 98.5 cm³/mol. The van der Waals surface area contributed by atoms with Gasteiger partial charge >= 0.3 is 0 Å². The zero-order valence-corrected chi connectivity index (χ0v) is 15.2. The Morgan fingerprint density at radius 3 is 2.44 bits per heavy atom. The number of nitrogens with zero attached hydrogens (tertiary/aromatic N) is 2. The van der Waals surface area contributed by atoms with Crippen molar-refractivity contribution in [2.45, 2.75) is 17.7 Å². The number of methoxy groups -OCH3 is 1. The van der Waals surface area contributed by atoms with Gasteiger partial charge in [0, 0.05) is 36.5 Å². The van der Waals surface area contributed by atoms with Gasteiger partial charge in [0.15, 0.2) is 0 Å². The lowest BCUT2D eigenvalue weighted by atomic mass is 10.2. The summed E-state index contributed by atoms with van der Waals surface area (Å²) < 4.78 is 32.7. The highest BCUT2D eigenvalue weighted by atomic mass is 32.2. The molecule has 1 saturated heterocycles. The highest BCUT2D eigenvalue weighted by Crippen LogP contribution is 2.30. The Balaban J connectivity index is 1.87. The minimum Gasteiger partial charge on any atom is -0.495 e. The number of hydrogen-bond donors (Lipinski definition) is 1. The third kappa shape index (κ3) is 3.85. The van der Waals surface area contributed by atoms with Gasteiger partial charge in [-0.3, -0.25) is 19.6 Å². The van der Waals surface area contributed by atoms with Gasteiger partial charge in [-0.1, -0.05) is 0 Å². The first-order valence-corrected chi connectivity index (χ1v) is 9.56. The Bertz CT molecular complexity index is 988. The first-order chi connectivity index (χ1) is 12.8. The molecule has 1 amide bonds. The van der Waals surface area contributed by atoms with E-state index in [1.165, 1.54) is 31.4 Å². The Labute approximate surface area is 155 Å². The van der Waals surface area contributed by atoms with Crippen molar-refractivity contribution in [3.05, 3.63) is 52.6 Å². The predicted octanol–water partition coefficient (Wildman–Crippen LogP) is 2.53. The summed E-state index contributed by atoms with van der Waals surface area (Å²) in [5, 5.41) is 10.9. The number of carbonyl (C=O) groups excluding carboxylic acids is 1. The molecule has 0 aromatic heterocycles. The van der Waals surface area contributed by atoms with Crippen molar-refractivity contribution in [3.63, 3.8) is 0 Å². The molecule has 1 N–H and O–H groups in total. The summed E-state index contributed by atoms with van der Waals surface area (Å²) in [4.78, 5) is 23.3. The maximum Gasteiger partial charge on any atom is 0.271 e. The van der Waals surface area contributed by atoms with Crippen molar-refractivity contribution in [2.75, 3.05) is 23.3 Å². The number of nitrogens with one attached hydrogen (secondary N) is 1. The van der Waals surface area contributed by atoms with Crippen LogP contribution in [0.4, 0.5) is 17.1 Å². The number of sulfonamides is 1. The van der Waals surface area contributed by atoms with Crippen molar-refractivity contribution in [3.8, 4) is 5.75 Å². The molecule has 27 heavy (non-hydrogen) atoms. The third-order valence-corrected chi connectivity index (χ3v) is 5.55. The van der Waals surface area contributed by atoms with Gasteiger partial charge in [0.05, 0.1) is 12.0 Å². The second kappa shape index (κ2) is 7.23. The van der Waals surface area contributed by atoms with E-state index in [0.717, 1.165) is 12.5 Å². The maximum absolute atomic E-state index is 12.7. The molecule has 9 nitrogen and oxygen atoms in total. The fourth-order valence-corrected chi connectivity index (χ4v) is 4.08. The van der Waals surface area contributed by atoms with Gasteiger partial charge in [-0.2, -0.15) is 0 Å². The van der Waals surface area contributed by atoms with E-state index in [1.54, 1.807) is 17.0 Å². The topological polar surface area (TPSA) is 119 Å². The van der Waals surface area contributed by atoms with Gasteiger partial charge in [0.1, 0.15) is 10.6 Å². The SMILES string of the molecule is COc1ccc([N+](=O)[O-])cc1S(=O)(=O)Nc1ccc(N2CCCC2=O)cc1. The summed E-state index contributed by atoms with van der Waals surface area (Å²) >= 11 is 0. The number of non-ortho nitro benzene ring substituents is 1. The summed E-state index contributed by atoms with van der Waals surface area (Å²) in [7, 11) is -2.83. The number of nitro benzene ring substituents is 1. The standard InChI is InChI=1S/C17H17N3O6S/c1-26-15-9-8-14(20(22)23)11-16(15)27(24,25)18-12-4-6-13(7-5-12)19-10-2-3-17(19)21/h4-9,11,18H,2-3,10H2,1H3. The first-order valence-electron chi connectivity index (χ1n) is 8.07. The number of hydrogen-bond acceptors (Lipinski definition) is 6. The van der Waals surface area contributed by atoms with Crippen LogP contribution in [0.3, 0.4) is 0 Å². The van der Waals surface area contributed by atoms with Gasteiger partial charge in [-0.15, -0.1) is 0 Å². The molecule has 1 aliphatic rings. The minimum atomic E-state index is -4.11. The van der Waals surface area contributed by atoms with E-state index in [9.17, 15) is 23.3 Å². The summed E-state index contributed by atoms with van der Waals surface area (Å²) in [5.41, 5.74) is 0.589. The number of nitro groups is 1. The molecule has 1 aliphatic heterocycles. The molecule has 0 aliphatic carbocycles. The van der Waals surface area contributed by atoms with Gasteiger partial charge in [0.25, 0.3) is 15.7 Å². The number of amides is 1. The fraction of sp³-hybridized carbons (Fsp3) is 0.235. The Morgan fingerprint density at radius 1 is 1.19 bits per heavy atom. The van der Waals surface area contributed by atoms with Crippen molar-refractivity contribution in [2.24, 2.45) is 0 Å². The van der Waals surface area contributed by atoms with E-state index in [4.69, 9.17) is 4.74 Å². The zero-order valence-electron chi connectivity index (χ0n) is 14.4. The number of benzene rings is 2. The molecular weight excluding hydrogens is 374 g/mol.